The molecule has 2 aromatic rings. The normalized spacial score (nSPS) is 24.8. The van der Waals surface area contributed by atoms with E-state index in [1.54, 1.807) is 24.5 Å². The number of ether oxygens (including phenoxy) is 1. The number of rotatable bonds is 6. The molecule has 2 heterocycles. The molecule has 6 nitrogen and oxygen atoms in total. The van der Waals surface area contributed by atoms with Crippen LogP contribution in [0.4, 0.5) is 5.69 Å². The highest BCUT2D eigenvalue weighted by atomic mass is 16.5. The van der Waals surface area contributed by atoms with E-state index in [9.17, 15) is 4.79 Å². The van der Waals surface area contributed by atoms with Gasteiger partial charge < -0.3 is 20.7 Å². The Hall–Kier alpha value is -2.28. The molecule has 148 valence electrons. The third-order valence-electron chi connectivity index (χ3n) is 5.74. The van der Waals surface area contributed by atoms with E-state index in [-0.39, 0.29) is 5.91 Å². The van der Waals surface area contributed by atoms with Gasteiger partial charge in [-0.3, -0.25) is 9.78 Å². The molecule has 3 N–H and O–H groups in total. The standard InChI is InChI=1S/C22H28N4O2/c27-22(17-3-2-10-23-14-17)26-18-8-6-16(7-9-18)13-25-20-5-1-4-19(20)21-15-28-12-11-24-21/h2-3,6-10,14,19-21,24-25H,1,4-5,11-13,15H2,(H,26,27). The van der Waals surface area contributed by atoms with Gasteiger partial charge in [-0.1, -0.05) is 18.6 Å². The minimum Gasteiger partial charge on any atom is -0.379 e. The van der Waals surface area contributed by atoms with Crippen molar-refractivity contribution < 1.29 is 9.53 Å². The number of hydrogen-bond donors (Lipinski definition) is 3. The second-order valence-corrected chi connectivity index (χ2v) is 7.61. The van der Waals surface area contributed by atoms with Gasteiger partial charge in [-0.2, -0.15) is 0 Å². The van der Waals surface area contributed by atoms with E-state index in [4.69, 9.17) is 4.74 Å². The molecular weight excluding hydrogens is 352 g/mol. The van der Waals surface area contributed by atoms with Crippen molar-refractivity contribution in [2.75, 3.05) is 25.1 Å². The van der Waals surface area contributed by atoms with Gasteiger partial charge in [0.15, 0.2) is 0 Å². The summed E-state index contributed by atoms with van der Waals surface area (Å²) in [4.78, 5) is 16.2. The topological polar surface area (TPSA) is 75.3 Å². The van der Waals surface area contributed by atoms with Crippen LogP contribution < -0.4 is 16.0 Å². The second-order valence-electron chi connectivity index (χ2n) is 7.61. The van der Waals surface area contributed by atoms with Gasteiger partial charge in [0.1, 0.15) is 0 Å². The summed E-state index contributed by atoms with van der Waals surface area (Å²) in [5.74, 6) is 0.494. The average Bonchev–Trinajstić information content (AvgIpc) is 3.23. The lowest BCUT2D eigenvalue weighted by atomic mass is 9.94. The predicted molar refractivity (Wildman–Crippen MR) is 109 cm³/mol. The fourth-order valence-electron chi connectivity index (χ4n) is 4.24. The molecule has 1 aliphatic heterocycles. The minimum atomic E-state index is -0.144. The molecule has 1 aliphatic carbocycles. The zero-order chi connectivity index (χ0) is 19.2. The van der Waals surface area contributed by atoms with Gasteiger partial charge in [0.05, 0.1) is 18.8 Å². The molecule has 28 heavy (non-hydrogen) atoms. The number of aromatic nitrogens is 1. The molecule has 1 saturated heterocycles. The Balaban J connectivity index is 1.29. The van der Waals surface area contributed by atoms with Crippen LogP contribution in [0.2, 0.25) is 0 Å². The van der Waals surface area contributed by atoms with Gasteiger partial charge in [-0.15, -0.1) is 0 Å². The minimum absolute atomic E-state index is 0.144. The first kappa shape index (κ1) is 19.1. The first-order chi connectivity index (χ1) is 13.8. The quantitative estimate of drug-likeness (QED) is 0.718. The number of hydrogen-bond acceptors (Lipinski definition) is 5. The van der Waals surface area contributed by atoms with E-state index in [0.717, 1.165) is 32.0 Å². The lowest BCUT2D eigenvalue weighted by Crippen LogP contribution is -2.50. The highest BCUT2D eigenvalue weighted by Crippen LogP contribution is 2.29. The molecule has 2 fully saturated rings. The molecule has 0 spiro atoms. The third-order valence-corrected chi connectivity index (χ3v) is 5.74. The number of carbonyl (C=O) groups excluding carboxylic acids is 1. The fraction of sp³-hybridized carbons (Fsp3) is 0.455. The molecule has 1 aromatic heterocycles. The number of morpholine rings is 1. The number of nitrogens with zero attached hydrogens (tertiary/aromatic N) is 1. The first-order valence-corrected chi connectivity index (χ1v) is 10.1. The summed E-state index contributed by atoms with van der Waals surface area (Å²) in [7, 11) is 0. The van der Waals surface area contributed by atoms with Crippen molar-refractivity contribution >= 4 is 11.6 Å². The van der Waals surface area contributed by atoms with Crippen molar-refractivity contribution in [1.82, 2.24) is 15.6 Å². The van der Waals surface area contributed by atoms with Crippen LogP contribution in [0.25, 0.3) is 0 Å². The summed E-state index contributed by atoms with van der Waals surface area (Å²) in [6.07, 6.45) is 6.99. The smallest absolute Gasteiger partial charge is 0.257 e. The van der Waals surface area contributed by atoms with Crippen LogP contribution in [0.1, 0.15) is 35.2 Å². The Bertz CT molecular complexity index is 760. The summed E-state index contributed by atoms with van der Waals surface area (Å²) < 4.78 is 5.65. The maximum atomic E-state index is 12.2. The fourth-order valence-corrected chi connectivity index (χ4v) is 4.24. The van der Waals surface area contributed by atoms with Crippen molar-refractivity contribution in [3.8, 4) is 0 Å². The summed E-state index contributed by atoms with van der Waals surface area (Å²) in [5.41, 5.74) is 2.57. The summed E-state index contributed by atoms with van der Waals surface area (Å²) in [6, 6.07) is 12.6. The highest BCUT2D eigenvalue weighted by Gasteiger charge is 2.34. The largest absolute Gasteiger partial charge is 0.379 e. The zero-order valence-corrected chi connectivity index (χ0v) is 16.1. The Morgan fingerprint density at radius 3 is 2.86 bits per heavy atom. The maximum absolute atomic E-state index is 12.2. The molecule has 1 aromatic carbocycles. The van der Waals surface area contributed by atoms with Crippen LogP contribution >= 0.6 is 0 Å². The van der Waals surface area contributed by atoms with Gasteiger partial charge in [-0.25, -0.2) is 0 Å². The van der Waals surface area contributed by atoms with Crippen molar-refractivity contribution in [3.05, 3.63) is 59.9 Å². The average molecular weight is 380 g/mol. The van der Waals surface area contributed by atoms with Gasteiger partial charge in [-0.05, 0) is 48.6 Å². The molecule has 0 radical (unpaired) electrons. The molecule has 1 amide bonds. The summed E-state index contributed by atoms with van der Waals surface area (Å²) in [6.45, 7) is 3.45. The number of amides is 1. The highest BCUT2D eigenvalue weighted by molar-refractivity contribution is 6.03. The van der Waals surface area contributed by atoms with Crippen molar-refractivity contribution in [2.24, 2.45) is 5.92 Å². The molecule has 3 unspecified atom stereocenters. The monoisotopic (exact) mass is 380 g/mol. The van der Waals surface area contributed by atoms with Gasteiger partial charge in [0.25, 0.3) is 5.91 Å². The Morgan fingerprint density at radius 1 is 1.21 bits per heavy atom. The molecular formula is C22H28N4O2. The number of benzene rings is 1. The van der Waals surface area contributed by atoms with Crippen LogP contribution in [0.3, 0.4) is 0 Å². The van der Waals surface area contributed by atoms with Crippen LogP contribution in [0.5, 0.6) is 0 Å². The van der Waals surface area contributed by atoms with Crippen LogP contribution in [0, 0.1) is 5.92 Å². The van der Waals surface area contributed by atoms with E-state index in [0.29, 0.717) is 23.6 Å². The first-order valence-electron chi connectivity index (χ1n) is 10.1. The maximum Gasteiger partial charge on any atom is 0.257 e. The third kappa shape index (κ3) is 4.76. The van der Waals surface area contributed by atoms with Crippen LogP contribution in [-0.4, -0.2) is 42.7 Å². The molecule has 0 bridgehead atoms. The Kier molecular flexibility index (Phi) is 6.31. The summed E-state index contributed by atoms with van der Waals surface area (Å²) in [5, 5.41) is 10.3. The molecule has 2 aliphatic rings. The van der Waals surface area contributed by atoms with Gasteiger partial charge >= 0.3 is 0 Å². The Morgan fingerprint density at radius 2 is 2.11 bits per heavy atom. The van der Waals surface area contributed by atoms with Gasteiger partial charge in [0.2, 0.25) is 0 Å². The molecule has 1 saturated carbocycles. The SMILES string of the molecule is O=C(Nc1ccc(CNC2CCCC2C2COCCN2)cc1)c1cccnc1. The number of nitrogens with one attached hydrogen (secondary N) is 3. The molecule has 6 heteroatoms. The van der Waals surface area contributed by atoms with Crippen molar-refractivity contribution in [3.63, 3.8) is 0 Å². The van der Waals surface area contributed by atoms with Crippen molar-refractivity contribution in [2.45, 2.75) is 37.9 Å². The van der Waals surface area contributed by atoms with Gasteiger partial charge in [0, 0.05) is 43.3 Å². The lowest BCUT2D eigenvalue weighted by molar-refractivity contribution is 0.0524. The van der Waals surface area contributed by atoms with Crippen LogP contribution in [-0.2, 0) is 11.3 Å². The van der Waals surface area contributed by atoms with E-state index >= 15 is 0 Å². The lowest BCUT2D eigenvalue weighted by Gasteiger charge is -2.33. The predicted octanol–water partition coefficient (Wildman–Crippen LogP) is 2.58. The Labute approximate surface area is 166 Å². The van der Waals surface area contributed by atoms with E-state index in [1.165, 1.54) is 24.8 Å². The van der Waals surface area contributed by atoms with Crippen molar-refractivity contribution in [1.29, 1.82) is 0 Å². The zero-order valence-electron chi connectivity index (χ0n) is 16.1. The second kappa shape index (κ2) is 9.28. The molecule has 3 atom stereocenters. The number of carbonyl (C=O) groups is 1. The van der Waals surface area contributed by atoms with E-state index < -0.39 is 0 Å². The van der Waals surface area contributed by atoms with E-state index in [1.807, 2.05) is 12.1 Å². The summed E-state index contributed by atoms with van der Waals surface area (Å²) >= 11 is 0. The van der Waals surface area contributed by atoms with E-state index in [2.05, 4.69) is 33.1 Å². The number of pyridine rings is 1. The van der Waals surface area contributed by atoms with Crippen LogP contribution in [0.15, 0.2) is 48.8 Å². The molecule has 4 rings (SSSR count). The number of anilines is 1.